The molecule has 3 nitrogen and oxygen atoms in total. The van der Waals surface area contributed by atoms with E-state index < -0.39 is 5.82 Å². The monoisotopic (exact) mass is 201 g/mol. The van der Waals surface area contributed by atoms with Crippen LogP contribution >= 0.6 is 0 Å². The predicted octanol–water partition coefficient (Wildman–Crippen LogP) is 1.44. The van der Waals surface area contributed by atoms with Gasteiger partial charge in [-0.05, 0) is 0 Å². The predicted molar refractivity (Wildman–Crippen MR) is 45.4 cm³/mol. The van der Waals surface area contributed by atoms with Crippen molar-refractivity contribution < 1.29 is 18.6 Å². The van der Waals surface area contributed by atoms with E-state index in [2.05, 4.69) is 10.3 Å². The van der Waals surface area contributed by atoms with Crippen molar-refractivity contribution in [2.24, 2.45) is 0 Å². The molecule has 1 aromatic carbocycles. The maximum absolute atomic E-state index is 12.8. The van der Waals surface area contributed by atoms with Crippen LogP contribution in [0.25, 0.3) is 0 Å². The van der Waals surface area contributed by atoms with Crippen LogP contribution in [0.3, 0.4) is 0 Å². The highest BCUT2D eigenvalue weighted by Gasteiger charge is 2.18. The molecule has 2 rings (SSSR count). The van der Waals surface area contributed by atoms with Gasteiger partial charge in [0.15, 0.2) is 5.75 Å². The fourth-order valence-corrected chi connectivity index (χ4v) is 1.19. The molecule has 1 N–H and O–H groups in total. The number of rotatable bonds is 3. The van der Waals surface area contributed by atoms with E-state index in [0.29, 0.717) is 0 Å². The van der Waals surface area contributed by atoms with Crippen LogP contribution in [0.2, 0.25) is 0 Å². The molecule has 14 heavy (non-hydrogen) atoms. The first kappa shape index (κ1) is 9.21. The van der Waals surface area contributed by atoms with Crippen molar-refractivity contribution in [2.45, 2.75) is 6.10 Å². The van der Waals surface area contributed by atoms with Crippen molar-refractivity contribution in [3.63, 3.8) is 0 Å². The molecule has 0 amide bonds. The lowest BCUT2D eigenvalue weighted by Crippen LogP contribution is -2.50. The molecule has 0 bridgehead atoms. The van der Waals surface area contributed by atoms with Crippen molar-refractivity contribution in [3.05, 3.63) is 24.0 Å². The van der Waals surface area contributed by atoms with E-state index in [0.717, 1.165) is 19.2 Å². The summed E-state index contributed by atoms with van der Waals surface area (Å²) in [5.74, 6) is -0.487. The molecule has 0 radical (unpaired) electrons. The van der Waals surface area contributed by atoms with E-state index >= 15 is 0 Å². The third-order valence-corrected chi connectivity index (χ3v) is 1.98. The second-order valence-electron chi connectivity index (χ2n) is 3.10. The summed E-state index contributed by atoms with van der Waals surface area (Å²) >= 11 is 0. The zero-order valence-electron chi connectivity index (χ0n) is 7.30. The van der Waals surface area contributed by atoms with Gasteiger partial charge >= 0.3 is 0 Å². The minimum absolute atomic E-state index is 0.0317. The maximum Gasteiger partial charge on any atom is 0.178 e. The standard InChI is InChI=1S/C9H9F2NO2/c10-6-1-7(3-8(2-6)14-11)13-9-4-12-5-9/h1-3,9,12H,4-5H2. The summed E-state index contributed by atoms with van der Waals surface area (Å²) in [5, 5.41) is 3.00. The summed E-state index contributed by atoms with van der Waals surface area (Å²) < 4.78 is 30.0. The van der Waals surface area contributed by atoms with Gasteiger partial charge in [0.1, 0.15) is 17.7 Å². The van der Waals surface area contributed by atoms with Crippen LogP contribution in [-0.2, 0) is 0 Å². The molecular weight excluding hydrogens is 192 g/mol. The van der Waals surface area contributed by atoms with Crippen LogP contribution < -0.4 is 15.0 Å². The molecule has 76 valence electrons. The highest BCUT2D eigenvalue weighted by atomic mass is 19.3. The summed E-state index contributed by atoms with van der Waals surface area (Å²) in [4.78, 5) is 3.43. The van der Waals surface area contributed by atoms with E-state index in [9.17, 15) is 8.92 Å². The van der Waals surface area contributed by atoms with E-state index in [1.54, 1.807) is 0 Å². The number of hydrogen-bond donors (Lipinski definition) is 1. The summed E-state index contributed by atoms with van der Waals surface area (Å²) in [7, 11) is 0. The third kappa shape index (κ3) is 1.93. The van der Waals surface area contributed by atoms with Crippen molar-refractivity contribution in [1.82, 2.24) is 5.32 Å². The molecule has 1 heterocycles. The first-order chi connectivity index (χ1) is 6.78. The lowest BCUT2D eigenvalue weighted by atomic mass is 10.2. The van der Waals surface area contributed by atoms with E-state index in [1.165, 1.54) is 12.1 Å². The molecule has 1 aromatic rings. The van der Waals surface area contributed by atoms with Gasteiger partial charge < -0.3 is 10.1 Å². The van der Waals surface area contributed by atoms with Crippen LogP contribution in [0.5, 0.6) is 11.5 Å². The Balaban J connectivity index is 2.11. The molecule has 1 aliphatic rings. The number of ether oxygens (including phenoxy) is 1. The van der Waals surface area contributed by atoms with Crippen molar-refractivity contribution >= 4 is 0 Å². The second kappa shape index (κ2) is 3.79. The van der Waals surface area contributed by atoms with Gasteiger partial charge in [-0.3, -0.25) is 4.94 Å². The topological polar surface area (TPSA) is 30.5 Å². The summed E-state index contributed by atoms with van der Waals surface area (Å²) in [6.07, 6.45) is 0.0317. The average molecular weight is 201 g/mol. The molecule has 0 unspecified atom stereocenters. The SMILES string of the molecule is FOc1cc(F)cc(OC2CNC2)c1. The highest BCUT2D eigenvalue weighted by molar-refractivity contribution is 5.33. The van der Waals surface area contributed by atoms with Crippen molar-refractivity contribution in [1.29, 1.82) is 0 Å². The maximum atomic E-state index is 12.8. The Morgan fingerprint density at radius 1 is 1.21 bits per heavy atom. The number of hydrogen-bond acceptors (Lipinski definition) is 3. The van der Waals surface area contributed by atoms with Crippen LogP contribution in [-0.4, -0.2) is 19.2 Å². The Hall–Kier alpha value is -1.36. The van der Waals surface area contributed by atoms with E-state index in [-0.39, 0.29) is 17.6 Å². The smallest absolute Gasteiger partial charge is 0.178 e. The molecular formula is C9H9F2NO2. The second-order valence-corrected chi connectivity index (χ2v) is 3.10. The molecule has 1 fully saturated rings. The van der Waals surface area contributed by atoms with Crippen LogP contribution in [0.4, 0.5) is 8.92 Å². The number of nitrogens with one attached hydrogen (secondary N) is 1. The first-order valence-corrected chi connectivity index (χ1v) is 4.24. The molecule has 0 spiro atoms. The lowest BCUT2D eigenvalue weighted by molar-refractivity contribution is -0.00704. The minimum Gasteiger partial charge on any atom is -0.488 e. The van der Waals surface area contributed by atoms with Crippen molar-refractivity contribution in [2.75, 3.05) is 13.1 Å². The molecule has 0 aromatic heterocycles. The van der Waals surface area contributed by atoms with Gasteiger partial charge in [0.05, 0.1) is 0 Å². The fraction of sp³-hybridized carbons (Fsp3) is 0.333. The molecule has 0 aliphatic carbocycles. The third-order valence-electron chi connectivity index (χ3n) is 1.98. The summed E-state index contributed by atoms with van der Waals surface area (Å²) in [5.41, 5.74) is 0. The Morgan fingerprint density at radius 2 is 1.93 bits per heavy atom. The molecule has 5 heteroatoms. The quantitative estimate of drug-likeness (QED) is 0.802. The minimum atomic E-state index is -0.581. The van der Waals surface area contributed by atoms with E-state index in [1.807, 2.05) is 0 Å². The van der Waals surface area contributed by atoms with Gasteiger partial charge in [-0.2, -0.15) is 0 Å². The Morgan fingerprint density at radius 3 is 2.50 bits per heavy atom. The van der Waals surface area contributed by atoms with Crippen LogP contribution in [0, 0.1) is 5.82 Å². The molecule has 1 saturated heterocycles. The first-order valence-electron chi connectivity index (χ1n) is 4.24. The van der Waals surface area contributed by atoms with Gasteiger partial charge in [0.25, 0.3) is 0 Å². The highest BCUT2D eigenvalue weighted by Crippen LogP contribution is 2.23. The van der Waals surface area contributed by atoms with Gasteiger partial charge in [-0.15, -0.1) is 0 Å². The van der Waals surface area contributed by atoms with Gasteiger partial charge in [-0.1, -0.05) is 0 Å². The Kier molecular flexibility index (Phi) is 2.49. The van der Waals surface area contributed by atoms with Gasteiger partial charge in [0.2, 0.25) is 0 Å². The van der Waals surface area contributed by atoms with Gasteiger partial charge in [-0.25, -0.2) is 4.39 Å². The largest absolute Gasteiger partial charge is 0.488 e. The Bertz CT molecular complexity index is 329. The van der Waals surface area contributed by atoms with E-state index in [4.69, 9.17) is 4.74 Å². The normalized spacial score (nSPS) is 16.1. The zero-order valence-corrected chi connectivity index (χ0v) is 7.30. The average Bonchev–Trinajstić information content (AvgIpc) is 2.10. The number of benzene rings is 1. The molecule has 1 aliphatic heterocycles. The lowest BCUT2D eigenvalue weighted by Gasteiger charge is -2.27. The zero-order chi connectivity index (χ0) is 9.97. The fourth-order valence-electron chi connectivity index (χ4n) is 1.19. The summed E-state index contributed by atoms with van der Waals surface area (Å²) in [6, 6.07) is 3.45. The van der Waals surface area contributed by atoms with Gasteiger partial charge in [0, 0.05) is 35.8 Å². The molecule has 0 saturated carbocycles. The van der Waals surface area contributed by atoms with Crippen molar-refractivity contribution in [3.8, 4) is 11.5 Å². The van der Waals surface area contributed by atoms with Crippen LogP contribution in [0.15, 0.2) is 18.2 Å². The Labute approximate surface area is 79.5 Å². The summed E-state index contributed by atoms with van der Waals surface area (Å²) in [6.45, 7) is 1.45. The number of halogens is 2. The van der Waals surface area contributed by atoms with Crippen LogP contribution in [0.1, 0.15) is 0 Å². The molecule has 0 atom stereocenters.